The summed E-state index contributed by atoms with van der Waals surface area (Å²) < 4.78 is 0. The smallest absolute Gasteiger partial charge is 0.159 e. The van der Waals surface area contributed by atoms with Gasteiger partial charge in [0.25, 0.3) is 0 Å². The predicted molar refractivity (Wildman–Crippen MR) is 238 cm³/mol. The molecule has 1 saturated heterocycles. The van der Waals surface area contributed by atoms with Crippen LogP contribution < -0.4 is 10.2 Å². The van der Waals surface area contributed by atoms with Crippen LogP contribution in [0.1, 0.15) is 102 Å². The first kappa shape index (κ1) is 34.1. The minimum absolute atomic E-state index is 0.152. The van der Waals surface area contributed by atoms with Gasteiger partial charge in [0.1, 0.15) is 12.0 Å². The third-order valence-electron chi connectivity index (χ3n) is 14.3. The van der Waals surface area contributed by atoms with E-state index in [-0.39, 0.29) is 18.2 Å². The maximum Gasteiger partial charge on any atom is 0.159 e. The average molecular weight is 756 g/mol. The van der Waals surface area contributed by atoms with Crippen LogP contribution in [0.2, 0.25) is 0 Å². The molecule has 5 heteroatoms. The van der Waals surface area contributed by atoms with Gasteiger partial charge in [-0.05, 0) is 90.5 Å². The number of anilines is 1. The van der Waals surface area contributed by atoms with Crippen LogP contribution in [-0.4, -0.2) is 34.8 Å². The fourth-order valence-electron chi connectivity index (χ4n) is 11.9. The third-order valence-corrected chi connectivity index (χ3v) is 14.3. The summed E-state index contributed by atoms with van der Waals surface area (Å²) in [6.45, 7) is 0. The van der Waals surface area contributed by atoms with E-state index in [9.17, 15) is 0 Å². The van der Waals surface area contributed by atoms with E-state index < -0.39 is 0 Å². The van der Waals surface area contributed by atoms with E-state index in [2.05, 4.69) is 173 Å². The van der Waals surface area contributed by atoms with Gasteiger partial charge < -0.3 is 15.1 Å². The Morgan fingerprint density at radius 3 is 2.40 bits per heavy atom. The summed E-state index contributed by atoms with van der Waals surface area (Å²) in [7, 11) is 0. The number of aliphatic imine (C=N–C) groups is 2. The van der Waals surface area contributed by atoms with Crippen LogP contribution in [0.4, 0.5) is 5.69 Å². The van der Waals surface area contributed by atoms with Gasteiger partial charge in [0, 0.05) is 52.3 Å². The Morgan fingerprint density at radius 2 is 1.50 bits per heavy atom. The van der Waals surface area contributed by atoms with Crippen molar-refractivity contribution in [1.82, 2.24) is 10.2 Å². The van der Waals surface area contributed by atoms with Gasteiger partial charge in [0.05, 0.1) is 12.1 Å². The lowest BCUT2D eigenvalue weighted by atomic mass is 9.73. The molecule has 8 aliphatic rings. The van der Waals surface area contributed by atoms with Crippen molar-refractivity contribution in [2.45, 2.75) is 81.2 Å². The van der Waals surface area contributed by atoms with Gasteiger partial charge in [-0.25, -0.2) is 9.98 Å². The van der Waals surface area contributed by atoms with Crippen molar-refractivity contribution in [3.63, 3.8) is 0 Å². The lowest BCUT2D eigenvalue weighted by Gasteiger charge is -2.45. The van der Waals surface area contributed by atoms with Crippen LogP contribution in [-0.2, 0) is 0 Å². The molecule has 4 aromatic carbocycles. The maximum atomic E-state index is 5.29. The van der Waals surface area contributed by atoms with Crippen LogP contribution >= 0.6 is 0 Å². The summed E-state index contributed by atoms with van der Waals surface area (Å²) in [5.74, 6) is 2.95. The SMILES string of the molecule is C1=CCCC(C2N=C(c3ccccc3)N=C(c3cccc4c3C=CCC4N3C4=Cc5ccccc5C(N5c6ccccc6C6C=CCCC65)C4C4C=CCCC43)N2)=C1. The average Bonchev–Trinajstić information content (AvgIpc) is 3.81. The normalized spacial score (nSPS) is 29.8. The highest BCUT2D eigenvalue weighted by molar-refractivity contribution is 6.14. The number of fused-ring (bicyclic) bond motifs is 8. The molecule has 8 unspecified atom stereocenters. The molecule has 0 saturated carbocycles. The van der Waals surface area contributed by atoms with Crippen LogP contribution in [0, 0.1) is 11.8 Å². The third kappa shape index (κ3) is 5.35. The van der Waals surface area contributed by atoms with E-state index in [4.69, 9.17) is 9.98 Å². The summed E-state index contributed by atoms with van der Waals surface area (Å²) in [5, 5.41) is 3.83. The molecule has 0 spiro atoms. The van der Waals surface area contributed by atoms with E-state index in [1.165, 1.54) is 57.6 Å². The van der Waals surface area contributed by atoms with Crippen molar-refractivity contribution < 1.29 is 0 Å². The molecule has 0 aromatic heterocycles. The zero-order chi connectivity index (χ0) is 38.2. The minimum Gasteiger partial charge on any atom is -0.363 e. The van der Waals surface area contributed by atoms with E-state index in [0.717, 1.165) is 54.9 Å². The number of allylic oxidation sites excluding steroid dienone is 5. The second kappa shape index (κ2) is 13.9. The second-order valence-corrected chi connectivity index (χ2v) is 17.3. The van der Waals surface area contributed by atoms with Crippen molar-refractivity contribution >= 4 is 29.5 Å². The number of benzene rings is 4. The highest BCUT2D eigenvalue weighted by Crippen LogP contribution is 2.61. The van der Waals surface area contributed by atoms with E-state index in [1.807, 2.05) is 0 Å². The fraction of sp³-hybridized carbons (Fsp3) is 0.283. The summed E-state index contributed by atoms with van der Waals surface area (Å²) in [6.07, 6.45) is 31.6. The van der Waals surface area contributed by atoms with Crippen LogP contribution in [0.25, 0.3) is 12.2 Å². The number of hydrogen-bond acceptors (Lipinski definition) is 5. The van der Waals surface area contributed by atoms with Crippen molar-refractivity contribution in [3.05, 3.63) is 196 Å². The van der Waals surface area contributed by atoms with Crippen LogP contribution in [0.3, 0.4) is 0 Å². The van der Waals surface area contributed by atoms with Crippen LogP contribution in [0.5, 0.6) is 0 Å². The number of rotatable bonds is 5. The molecular weight excluding hydrogens is 707 g/mol. The fourth-order valence-corrected chi connectivity index (χ4v) is 11.9. The largest absolute Gasteiger partial charge is 0.363 e. The Labute approximate surface area is 342 Å². The number of hydrogen-bond donors (Lipinski definition) is 1. The number of para-hydroxylation sites is 1. The van der Waals surface area contributed by atoms with Crippen molar-refractivity contribution in [2.24, 2.45) is 21.8 Å². The van der Waals surface area contributed by atoms with E-state index in [0.29, 0.717) is 29.8 Å². The molecule has 1 fully saturated rings. The molecule has 5 aliphatic carbocycles. The quantitative estimate of drug-likeness (QED) is 0.206. The Bertz CT molecular complexity index is 2550. The topological polar surface area (TPSA) is 43.2 Å². The molecule has 286 valence electrons. The highest BCUT2D eigenvalue weighted by Gasteiger charge is 2.55. The first-order chi connectivity index (χ1) is 28.8. The zero-order valence-electron chi connectivity index (χ0n) is 32.9. The van der Waals surface area contributed by atoms with Crippen molar-refractivity contribution in [3.8, 4) is 0 Å². The number of likely N-dealkylation sites (tertiary alicyclic amines) is 1. The Kier molecular flexibility index (Phi) is 8.16. The van der Waals surface area contributed by atoms with Gasteiger partial charge in [-0.3, -0.25) is 0 Å². The van der Waals surface area contributed by atoms with Gasteiger partial charge in [-0.1, -0.05) is 146 Å². The highest BCUT2D eigenvalue weighted by atomic mass is 15.3. The van der Waals surface area contributed by atoms with E-state index in [1.54, 1.807) is 0 Å². The van der Waals surface area contributed by atoms with Gasteiger partial charge in [-0.2, -0.15) is 0 Å². The molecule has 0 amide bonds. The number of amidine groups is 2. The minimum atomic E-state index is -0.152. The lowest BCUT2D eigenvalue weighted by Crippen LogP contribution is -2.44. The molecule has 0 radical (unpaired) electrons. The first-order valence-electron chi connectivity index (χ1n) is 21.7. The van der Waals surface area contributed by atoms with Crippen LogP contribution in [0.15, 0.2) is 167 Å². The Morgan fingerprint density at radius 1 is 0.690 bits per heavy atom. The molecule has 5 nitrogen and oxygen atoms in total. The summed E-state index contributed by atoms with van der Waals surface area (Å²) >= 11 is 0. The first-order valence-corrected chi connectivity index (χ1v) is 21.7. The number of nitrogens with one attached hydrogen (secondary N) is 1. The molecule has 4 aromatic rings. The van der Waals surface area contributed by atoms with Gasteiger partial charge in [0.15, 0.2) is 5.84 Å². The lowest BCUT2D eigenvalue weighted by molar-refractivity contribution is 0.188. The summed E-state index contributed by atoms with van der Waals surface area (Å²) in [6, 6.07) is 37.5. The molecule has 8 atom stereocenters. The molecule has 3 aliphatic heterocycles. The summed E-state index contributed by atoms with van der Waals surface area (Å²) in [5.41, 5.74) is 13.5. The standard InChI is InChI=1S/C53H49N5/c1-3-17-34(18-4-1)51-54-52(35-19-5-2-6-20-35)56-53(55-51)42-28-15-27-39-38(42)26-16-32-44(39)57-47-31-14-11-25-43(47)49-48(57)33-36-21-7-8-22-37(36)50(49)58-45-29-12-9-23-40(45)41-24-10-13-30-46(41)58/h1-5,7-12,15-19,21-29,33,41,43-44,46-47,49-50,52H,6,13-14,20,30-32H2,(H,54,55,56). The predicted octanol–water partition coefficient (Wildman–Crippen LogP) is 11.2. The monoisotopic (exact) mass is 755 g/mol. The molecular formula is C53H49N5. The number of nitrogens with zero attached hydrogens (tertiary/aromatic N) is 4. The Balaban J connectivity index is 0.974. The second-order valence-electron chi connectivity index (χ2n) is 17.3. The van der Waals surface area contributed by atoms with Gasteiger partial charge >= 0.3 is 0 Å². The molecule has 1 N–H and O–H groups in total. The van der Waals surface area contributed by atoms with Crippen molar-refractivity contribution in [1.29, 1.82) is 0 Å². The van der Waals surface area contributed by atoms with Gasteiger partial charge in [0.2, 0.25) is 0 Å². The zero-order valence-corrected chi connectivity index (χ0v) is 32.9. The molecule has 12 rings (SSSR count). The molecule has 0 bridgehead atoms. The Hall–Kier alpha value is -5.94. The maximum absolute atomic E-state index is 5.29. The van der Waals surface area contributed by atoms with Crippen molar-refractivity contribution in [2.75, 3.05) is 4.90 Å². The summed E-state index contributed by atoms with van der Waals surface area (Å²) in [4.78, 5) is 16.3. The van der Waals surface area contributed by atoms with E-state index >= 15 is 0 Å². The van der Waals surface area contributed by atoms with Gasteiger partial charge in [-0.15, -0.1) is 0 Å². The molecule has 3 heterocycles. The molecule has 58 heavy (non-hydrogen) atoms.